The summed E-state index contributed by atoms with van der Waals surface area (Å²) in [4.78, 5) is 14.3. The highest BCUT2D eigenvalue weighted by Gasteiger charge is 2.18. The van der Waals surface area contributed by atoms with Crippen molar-refractivity contribution in [3.8, 4) is 23.0 Å². The van der Waals surface area contributed by atoms with Gasteiger partial charge in [0.15, 0.2) is 0 Å². The van der Waals surface area contributed by atoms with E-state index in [1.165, 1.54) is 17.0 Å². The second kappa shape index (κ2) is 8.35. The van der Waals surface area contributed by atoms with Gasteiger partial charge in [0.2, 0.25) is 11.2 Å². The monoisotopic (exact) mass is 383 g/mol. The van der Waals surface area contributed by atoms with Crippen LogP contribution in [0, 0.1) is 6.92 Å². The predicted octanol–water partition coefficient (Wildman–Crippen LogP) is 2.40. The van der Waals surface area contributed by atoms with Crippen LogP contribution in [0.4, 0.5) is 0 Å². The zero-order valence-corrected chi connectivity index (χ0v) is 16.6. The van der Waals surface area contributed by atoms with Crippen LogP contribution in [-0.4, -0.2) is 20.2 Å². The fourth-order valence-electron chi connectivity index (χ4n) is 3.18. The summed E-state index contributed by atoms with van der Waals surface area (Å²) in [6.07, 6.45) is 0. The van der Waals surface area contributed by atoms with E-state index in [1.54, 1.807) is 38.3 Å². The Morgan fingerprint density at radius 1 is 1.04 bits per heavy atom. The standard InChI is InChI=1S/C22H25NO5/c1-5-23(6-2)13-18-19(24)12-11-17-20(25)21(14(3)27-22(17)18)28-16-9-7-15(26-4)8-10-16/h7-12,24H,5-6,13H2,1-4H3. The van der Waals surface area contributed by atoms with Gasteiger partial charge < -0.3 is 23.9 Å². The molecule has 0 spiro atoms. The number of hydrogen-bond acceptors (Lipinski definition) is 5. The first-order chi connectivity index (χ1) is 13.5. The highest BCUT2D eigenvalue weighted by atomic mass is 16.5. The van der Waals surface area contributed by atoms with Crippen LogP contribution >= 0.6 is 0 Å². The van der Waals surface area contributed by atoms with Gasteiger partial charge in [0.1, 0.15) is 29.4 Å². The lowest BCUT2D eigenvalue weighted by Crippen LogP contribution is -3.10. The lowest BCUT2D eigenvalue weighted by molar-refractivity contribution is -0.910. The summed E-state index contributed by atoms with van der Waals surface area (Å²) in [5, 5.41) is 12.8. The zero-order valence-electron chi connectivity index (χ0n) is 16.6. The molecule has 1 aromatic heterocycles. The Kier molecular flexibility index (Phi) is 5.90. The van der Waals surface area contributed by atoms with Crippen LogP contribution in [0.3, 0.4) is 0 Å². The Bertz CT molecular complexity index is 1020. The van der Waals surface area contributed by atoms with Crippen molar-refractivity contribution in [2.24, 2.45) is 0 Å². The summed E-state index contributed by atoms with van der Waals surface area (Å²) in [7, 11) is 1.58. The molecule has 148 valence electrons. The largest absolute Gasteiger partial charge is 0.872 e. The Morgan fingerprint density at radius 2 is 1.68 bits per heavy atom. The summed E-state index contributed by atoms with van der Waals surface area (Å²) < 4.78 is 16.9. The van der Waals surface area contributed by atoms with Crippen LogP contribution in [-0.2, 0) is 6.54 Å². The first kappa shape index (κ1) is 19.8. The van der Waals surface area contributed by atoms with Gasteiger partial charge in [0.05, 0.1) is 25.6 Å². The average Bonchev–Trinajstić information content (AvgIpc) is 2.71. The van der Waals surface area contributed by atoms with Crippen molar-refractivity contribution >= 4 is 11.0 Å². The van der Waals surface area contributed by atoms with E-state index in [9.17, 15) is 9.90 Å². The van der Waals surface area contributed by atoms with Gasteiger partial charge in [-0.1, -0.05) is 11.8 Å². The SMILES string of the molecule is CC[NH+](CC)Cc1c([O-])ccc2c(=O)c(Oc3ccc(OC)cc3)c(C)oc12. The minimum atomic E-state index is -0.287. The van der Waals surface area contributed by atoms with Crippen LogP contribution in [0.15, 0.2) is 45.6 Å². The van der Waals surface area contributed by atoms with Crippen LogP contribution in [0.1, 0.15) is 25.2 Å². The fraction of sp³-hybridized carbons (Fsp3) is 0.318. The second-order valence-corrected chi connectivity index (χ2v) is 6.65. The van der Waals surface area contributed by atoms with Crippen molar-refractivity contribution in [1.82, 2.24) is 0 Å². The molecule has 0 aliphatic carbocycles. The molecule has 0 aliphatic heterocycles. The molecule has 3 rings (SSSR count). The van der Waals surface area contributed by atoms with Crippen LogP contribution in [0.5, 0.6) is 23.0 Å². The lowest BCUT2D eigenvalue weighted by atomic mass is 10.1. The van der Waals surface area contributed by atoms with E-state index in [0.29, 0.717) is 40.3 Å². The first-order valence-corrected chi connectivity index (χ1v) is 9.40. The smallest absolute Gasteiger partial charge is 0.235 e. The molecule has 0 aliphatic rings. The van der Waals surface area contributed by atoms with Gasteiger partial charge in [-0.05, 0) is 51.1 Å². The molecule has 2 aromatic carbocycles. The number of methoxy groups -OCH3 is 1. The Hall–Kier alpha value is -2.99. The van der Waals surface area contributed by atoms with Gasteiger partial charge in [0.25, 0.3) is 0 Å². The third kappa shape index (κ3) is 3.82. The number of fused-ring (bicyclic) bond motifs is 1. The lowest BCUT2D eigenvalue weighted by Gasteiger charge is -2.21. The maximum absolute atomic E-state index is 13.0. The third-order valence-corrected chi connectivity index (χ3v) is 4.95. The van der Waals surface area contributed by atoms with Crippen molar-refractivity contribution in [2.75, 3.05) is 20.2 Å². The van der Waals surface area contributed by atoms with E-state index in [4.69, 9.17) is 13.9 Å². The van der Waals surface area contributed by atoms with E-state index in [2.05, 4.69) is 13.8 Å². The first-order valence-electron chi connectivity index (χ1n) is 9.40. The number of nitrogens with one attached hydrogen (secondary N) is 1. The summed E-state index contributed by atoms with van der Waals surface area (Å²) >= 11 is 0. The van der Waals surface area contributed by atoms with E-state index in [1.807, 2.05) is 0 Å². The third-order valence-electron chi connectivity index (χ3n) is 4.95. The number of benzene rings is 2. The molecule has 0 saturated carbocycles. The van der Waals surface area contributed by atoms with Gasteiger partial charge in [-0.25, -0.2) is 0 Å². The number of aryl methyl sites for hydroxylation is 1. The normalized spacial score (nSPS) is 11.2. The van der Waals surface area contributed by atoms with Gasteiger partial charge in [-0.15, -0.1) is 0 Å². The minimum absolute atomic E-state index is 0.113. The highest BCUT2D eigenvalue weighted by molar-refractivity contribution is 5.83. The van der Waals surface area contributed by atoms with E-state index < -0.39 is 0 Å². The maximum atomic E-state index is 13.0. The summed E-state index contributed by atoms with van der Waals surface area (Å²) in [5.41, 5.74) is 0.606. The van der Waals surface area contributed by atoms with Crippen LogP contribution in [0.2, 0.25) is 0 Å². The maximum Gasteiger partial charge on any atom is 0.235 e. The number of rotatable bonds is 7. The predicted molar refractivity (Wildman–Crippen MR) is 105 cm³/mol. The quantitative estimate of drug-likeness (QED) is 0.678. The molecule has 0 fully saturated rings. The van der Waals surface area contributed by atoms with E-state index >= 15 is 0 Å². The fourth-order valence-corrected chi connectivity index (χ4v) is 3.18. The molecule has 0 radical (unpaired) electrons. The van der Waals surface area contributed by atoms with E-state index in [-0.39, 0.29) is 16.9 Å². The number of hydrogen-bond donors (Lipinski definition) is 1. The Balaban J connectivity index is 2.07. The molecular formula is C22H25NO5. The Morgan fingerprint density at radius 3 is 2.29 bits per heavy atom. The zero-order chi connectivity index (χ0) is 20.3. The van der Waals surface area contributed by atoms with Crippen molar-refractivity contribution in [2.45, 2.75) is 27.3 Å². The van der Waals surface area contributed by atoms with Crippen molar-refractivity contribution in [1.29, 1.82) is 0 Å². The molecule has 1 N–H and O–H groups in total. The highest BCUT2D eigenvalue weighted by Crippen LogP contribution is 2.30. The summed E-state index contributed by atoms with van der Waals surface area (Å²) in [6.45, 7) is 8.09. The molecule has 3 aromatic rings. The topological polar surface area (TPSA) is 76.2 Å². The molecule has 0 unspecified atom stereocenters. The van der Waals surface area contributed by atoms with Crippen molar-refractivity contribution < 1.29 is 23.9 Å². The van der Waals surface area contributed by atoms with Crippen molar-refractivity contribution in [3.63, 3.8) is 0 Å². The van der Waals surface area contributed by atoms with Gasteiger partial charge in [-0.3, -0.25) is 4.79 Å². The number of ether oxygens (including phenoxy) is 2. The Labute approximate surface area is 163 Å². The van der Waals surface area contributed by atoms with Crippen molar-refractivity contribution in [3.05, 3.63) is 57.9 Å². The molecule has 0 amide bonds. The van der Waals surface area contributed by atoms with Gasteiger partial charge in [-0.2, -0.15) is 0 Å². The molecule has 1 heterocycles. The molecule has 0 atom stereocenters. The average molecular weight is 383 g/mol. The van der Waals surface area contributed by atoms with Crippen LogP contribution in [0.25, 0.3) is 11.0 Å². The van der Waals surface area contributed by atoms with Crippen LogP contribution < -0.4 is 24.9 Å². The van der Waals surface area contributed by atoms with Gasteiger partial charge in [0, 0.05) is 5.56 Å². The summed E-state index contributed by atoms with van der Waals surface area (Å²) in [5.74, 6) is 1.55. The molecular weight excluding hydrogens is 358 g/mol. The number of quaternary nitrogens is 1. The van der Waals surface area contributed by atoms with E-state index in [0.717, 1.165) is 13.1 Å². The molecule has 6 nitrogen and oxygen atoms in total. The molecule has 28 heavy (non-hydrogen) atoms. The van der Waals surface area contributed by atoms with Gasteiger partial charge >= 0.3 is 0 Å². The minimum Gasteiger partial charge on any atom is -0.872 e. The molecule has 0 saturated heterocycles. The molecule has 6 heteroatoms. The summed E-state index contributed by atoms with van der Waals surface area (Å²) in [6, 6.07) is 9.90. The molecule has 0 bridgehead atoms. The second-order valence-electron chi connectivity index (χ2n) is 6.65.